The number of hydrogen-bond acceptors (Lipinski definition) is 6. The third-order valence-electron chi connectivity index (χ3n) is 4.75. The van der Waals surface area contributed by atoms with E-state index in [4.69, 9.17) is 4.74 Å². The molecule has 1 aliphatic heterocycles. The van der Waals surface area contributed by atoms with E-state index in [1.807, 2.05) is 0 Å². The Morgan fingerprint density at radius 3 is 2.59 bits per heavy atom. The summed E-state index contributed by atoms with van der Waals surface area (Å²) >= 11 is 0. The van der Waals surface area contributed by atoms with Crippen molar-refractivity contribution in [3.63, 3.8) is 0 Å². The largest absolute Gasteiger partial charge is 0.470 e. The zero-order valence-corrected chi connectivity index (χ0v) is 17.3. The van der Waals surface area contributed by atoms with Crippen LogP contribution in [0.5, 0.6) is 5.88 Å². The van der Waals surface area contributed by atoms with Crippen molar-refractivity contribution in [3.8, 4) is 5.88 Å². The van der Waals surface area contributed by atoms with Crippen LogP contribution in [0.25, 0.3) is 0 Å². The van der Waals surface area contributed by atoms with Crippen LogP contribution in [0, 0.1) is 5.82 Å². The Bertz CT molecular complexity index is 996. The zero-order chi connectivity index (χ0) is 21.2. The molecule has 3 rings (SSSR count). The molecular formula is C19H23FN4O4S. The Kier molecular flexibility index (Phi) is 6.13. The van der Waals surface area contributed by atoms with E-state index in [-0.39, 0.29) is 28.5 Å². The van der Waals surface area contributed by atoms with Gasteiger partial charge >= 0.3 is 0 Å². The Morgan fingerprint density at radius 2 is 1.97 bits per heavy atom. The molecule has 10 heteroatoms. The van der Waals surface area contributed by atoms with Crippen molar-refractivity contribution in [2.45, 2.75) is 30.8 Å². The van der Waals surface area contributed by atoms with Crippen molar-refractivity contribution in [1.29, 1.82) is 0 Å². The average molecular weight is 422 g/mol. The Hall–Kier alpha value is -2.59. The summed E-state index contributed by atoms with van der Waals surface area (Å²) in [5.74, 6) is -0.908. The van der Waals surface area contributed by atoms with Crippen LogP contribution < -0.4 is 4.74 Å². The monoisotopic (exact) mass is 422 g/mol. The molecule has 1 unspecified atom stereocenters. The second kappa shape index (κ2) is 8.42. The number of amides is 1. The number of aromatic nitrogens is 2. The summed E-state index contributed by atoms with van der Waals surface area (Å²) < 4.78 is 45.3. The quantitative estimate of drug-likeness (QED) is 0.704. The van der Waals surface area contributed by atoms with Crippen molar-refractivity contribution in [2.75, 3.05) is 27.2 Å². The molecule has 8 nitrogen and oxygen atoms in total. The van der Waals surface area contributed by atoms with Gasteiger partial charge in [-0.05, 0) is 30.7 Å². The molecule has 1 aromatic heterocycles. The Morgan fingerprint density at radius 1 is 1.28 bits per heavy atom. The van der Waals surface area contributed by atoms with E-state index in [1.54, 1.807) is 11.8 Å². The second-order valence-corrected chi connectivity index (χ2v) is 9.04. The molecule has 29 heavy (non-hydrogen) atoms. The molecular weight excluding hydrogens is 399 g/mol. The van der Waals surface area contributed by atoms with Crippen LogP contribution in [0.3, 0.4) is 0 Å². The molecule has 2 aromatic rings. The fraction of sp³-hybridized carbons (Fsp3) is 0.421. The summed E-state index contributed by atoms with van der Waals surface area (Å²) in [4.78, 5) is 22.2. The fourth-order valence-electron chi connectivity index (χ4n) is 3.05. The highest BCUT2D eigenvalue weighted by atomic mass is 32.2. The number of hydrogen-bond donors (Lipinski definition) is 0. The van der Waals surface area contributed by atoms with Crippen molar-refractivity contribution < 1.29 is 22.3 Å². The van der Waals surface area contributed by atoms with Gasteiger partial charge in [0.2, 0.25) is 15.8 Å². The molecule has 1 amide bonds. The van der Waals surface area contributed by atoms with Crippen LogP contribution >= 0.6 is 0 Å². The van der Waals surface area contributed by atoms with Gasteiger partial charge in [-0.3, -0.25) is 4.79 Å². The number of carbonyl (C=O) groups excluding carboxylic acids is 1. The summed E-state index contributed by atoms with van der Waals surface area (Å²) in [5, 5.41) is 0. The highest BCUT2D eigenvalue weighted by molar-refractivity contribution is 7.89. The van der Waals surface area contributed by atoms with Crippen LogP contribution in [0.1, 0.15) is 29.4 Å². The summed E-state index contributed by atoms with van der Waals surface area (Å²) in [7, 11) is -0.656. The molecule has 0 saturated carbocycles. The lowest BCUT2D eigenvalue weighted by molar-refractivity contribution is 0.0770. The molecule has 156 valence electrons. The number of aryl methyl sites for hydroxylation is 1. The minimum Gasteiger partial charge on any atom is -0.470 e. The number of likely N-dealkylation sites (tertiary alicyclic amines) is 1. The molecule has 0 aliphatic carbocycles. The molecule has 1 atom stereocenters. The van der Waals surface area contributed by atoms with Crippen LogP contribution in [0.4, 0.5) is 4.39 Å². The van der Waals surface area contributed by atoms with Crippen LogP contribution in [-0.4, -0.2) is 66.8 Å². The van der Waals surface area contributed by atoms with E-state index >= 15 is 0 Å². The standard InChI is InChI=1S/C19H23FN4O4S/c1-4-16-17(20)18(22-12-21-16)28-14-9-10-24(11-14)19(25)13-5-7-15(8-6-13)29(26,27)23(2)3/h5-8,12,14H,4,9-11H2,1-3H3. The van der Waals surface area contributed by atoms with Crippen LogP contribution in [-0.2, 0) is 16.4 Å². The van der Waals surface area contributed by atoms with Crippen molar-refractivity contribution in [2.24, 2.45) is 0 Å². The number of benzene rings is 1. The van der Waals surface area contributed by atoms with E-state index in [0.29, 0.717) is 31.5 Å². The first-order chi connectivity index (χ1) is 13.7. The topological polar surface area (TPSA) is 92.7 Å². The summed E-state index contributed by atoms with van der Waals surface area (Å²) in [6.07, 6.45) is 1.86. The van der Waals surface area contributed by atoms with Crippen LogP contribution in [0.15, 0.2) is 35.5 Å². The van der Waals surface area contributed by atoms with Gasteiger partial charge in [-0.2, -0.15) is 9.37 Å². The van der Waals surface area contributed by atoms with E-state index in [9.17, 15) is 17.6 Å². The lowest BCUT2D eigenvalue weighted by Gasteiger charge is -2.18. The number of sulfonamides is 1. The fourth-order valence-corrected chi connectivity index (χ4v) is 3.95. The lowest BCUT2D eigenvalue weighted by Crippen LogP contribution is -2.31. The van der Waals surface area contributed by atoms with E-state index in [1.165, 1.54) is 44.7 Å². The first kappa shape index (κ1) is 21.1. The highest BCUT2D eigenvalue weighted by Gasteiger charge is 2.30. The number of ether oxygens (including phenoxy) is 1. The number of halogens is 1. The first-order valence-corrected chi connectivity index (χ1v) is 10.7. The van der Waals surface area contributed by atoms with Crippen molar-refractivity contribution in [1.82, 2.24) is 19.2 Å². The molecule has 1 saturated heterocycles. The molecule has 1 aliphatic rings. The Labute approximate surface area is 169 Å². The van der Waals surface area contributed by atoms with Gasteiger partial charge in [-0.15, -0.1) is 0 Å². The van der Waals surface area contributed by atoms with Gasteiger partial charge in [0, 0.05) is 32.6 Å². The predicted molar refractivity (Wildman–Crippen MR) is 104 cm³/mol. The molecule has 0 spiro atoms. The van der Waals surface area contributed by atoms with Crippen LogP contribution in [0.2, 0.25) is 0 Å². The second-order valence-electron chi connectivity index (χ2n) is 6.88. The Balaban J connectivity index is 1.67. The minimum absolute atomic E-state index is 0.102. The predicted octanol–water partition coefficient (Wildman–Crippen LogP) is 1.72. The molecule has 2 heterocycles. The normalized spacial score (nSPS) is 17.0. The average Bonchev–Trinajstić information content (AvgIpc) is 3.17. The SMILES string of the molecule is CCc1ncnc(OC2CCN(C(=O)c3ccc(S(=O)(=O)N(C)C)cc3)C2)c1F. The van der Waals surface area contributed by atoms with Gasteiger partial charge in [-0.25, -0.2) is 17.7 Å². The van der Waals surface area contributed by atoms with Gasteiger partial charge < -0.3 is 9.64 Å². The smallest absolute Gasteiger partial charge is 0.254 e. The van der Waals surface area contributed by atoms with Gasteiger partial charge in [0.25, 0.3) is 11.8 Å². The first-order valence-electron chi connectivity index (χ1n) is 9.22. The van der Waals surface area contributed by atoms with Crippen molar-refractivity contribution in [3.05, 3.63) is 47.7 Å². The molecule has 1 aromatic carbocycles. The van der Waals surface area contributed by atoms with Gasteiger partial charge in [-0.1, -0.05) is 6.92 Å². The molecule has 1 fully saturated rings. The summed E-state index contributed by atoms with van der Waals surface area (Å²) in [6, 6.07) is 5.80. The maximum absolute atomic E-state index is 14.3. The third-order valence-corrected chi connectivity index (χ3v) is 6.58. The van der Waals surface area contributed by atoms with Gasteiger partial charge in [0.05, 0.1) is 17.1 Å². The van der Waals surface area contributed by atoms with Crippen molar-refractivity contribution >= 4 is 15.9 Å². The molecule has 0 radical (unpaired) electrons. The minimum atomic E-state index is -3.55. The maximum Gasteiger partial charge on any atom is 0.254 e. The zero-order valence-electron chi connectivity index (χ0n) is 16.5. The third kappa shape index (κ3) is 4.38. The van der Waals surface area contributed by atoms with Gasteiger partial charge in [0.1, 0.15) is 12.4 Å². The number of nitrogens with zero attached hydrogens (tertiary/aromatic N) is 4. The summed E-state index contributed by atoms with van der Waals surface area (Å²) in [5.41, 5.74) is 0.665. The number of carbonyl (C=O) groups is 1. The van der Waals surface area contributed by atoms with E-state index in [0.717, 1.165) is 4.31 Å². The van der Waals surface area contributed by atoms with Gasteiger partial charge in [0.15, 0.2) is 0 Å². The number of rotatable bonds is 6. The highest BCUT2D eigenvalue weighted by Crippen LogP contribution is 2.22. The van der Waals surface area contributed by atoms with E-state index < -0.39 is 15.8 Å². The van der Waals surface area contributed by atoms with E-state index in [2.05, 4.69) is 9.97 Å². The molecule has 0 N–H and O–H groups in total. The maximum atomic E-state index is 14.3. The molecule has 0 bridgehead atoms. The lowest BCUT2D eigenvalue weighted by atomic mass is 10.2. The summed E-state index contributed by atoms with van der Waals surface area (Å²) in [6.45, 7) is 2.54.